The van der Waals surface area contributed by atoms with Crippen molar-refractivity contribution in [2.24, 2.45) is 11.3 Å². The van der Waals surface area contributed by atoms with Gasteiger partial charge in [0.1, 0.15) is 0 Å². The molecule has 1 unspecified atom stereocenters. The molecule has 1 atom stereocenters. The molecule has 0 amide bonds. The lowest BCUT2D eigenvalue weighted by Gasteiger charge is -2.46. The van der Waals surface area contributed by atoms with Gasteiger partial charge in [0.15, 0.2) is 0 Å². The van der Waals surface area contributed by atoms with E-state index in [0.717, 1.165) is 38.8 Å². The van der Waals surface area contributed by atoms with Gasteiger partial charge in [-0.25, -0.2) is 0 Å². The van der Waals surface area contributed by atoms with E-state index in [9.17, 15) is 0 Å². The Balaban J connectivity index is 1.59. The lowest BCUT2D eigenvalue weighted by molar-refractivity contribution is -0.0115. The van der Waals surface area contributed by atoms with Crippen LogP contribution >= 0.6 is 0 Å². The van der Waals surface area contributed by atoms with Gasteiger partial charge in [-0.3, -0.25) is 4.90 Å². The van der Waals surface area contributed by atoms with Gasteiger partial charge in [0.2, 0.25) is 0 Å². The van der Waals surface area contributed by atoms with Crippen LogP contribution in [0.25, 0.3) is 0 Å². The van der Waals surface area contributed by atoms with Crippen molar-refractivity contribution in [1.82, 2.24) is 9.80 Å². The Hall–Kier alpha value is -0.160. The van der Waals surface area contributed by atoms with E-state index in [-0.39, 0.29) is 0 Å². The third kappa shape index (κ3) is 5.15. The number of methoxy groups -OCH3 is 1. The average molecular weight is 325 g/mol. The van der Waals surface area contributed by atoms with Crippen LogP contribution in [0.5, 0.6) is 0 Å². The summed E-state index contributed by atoms with van der Waals surface area (Å²) in [6, 6.07) is 0. The predicted molar refractivity (Wildman–Crippen MR) is 93.8 cm³/mol. The standard InChI is InChI=1S/C19H36N2O2/c1-22-15-18-6-5-9-21(14-18)17-19(7-3-2-4-8-19)16-20-10-12-23-13-11-20/h18H,2-17H2,1H3. The molecule has 0 spiro atoms. The molecule has 4 nitrogen and oxygen atoms in total. The second-order valence-corrected chi connectivity index (χ2v) is 8.15. The van der Waals surface area contributed by atoms with Crippen molar-refractivity contribution in [3.05, 3.63) is 0 Å². The van der Waals surface area contributed by atoms with Crippen LogP contribution in [-0.2, 0) is 9.47 Å². The van der Waals surface area contributed by atoms with Gasteiger partial charge in [0, 0.05) is 39.8 Å². The number of hydrogen-bond acceptors (Lipinski definition) is 4. The van der Waals surface area contributed by atoms with Crippen LogP contribution in [0.3, 0.4) is 0 Å². The summed E-state index contributed by atoms with van der Waals surface area (Å²) in [5.41, 5.74) is 0.532. The molecule has 134 valence electrons. The minimum Gasteiger partial charge on any atom is -0.384 e. The highest BCUT2D eigenvalue weighted by Crippen LogP contribution is 2.39. The highest BCUT2D eigenvalue weighted by molar-refractivity contribution is 4.90. The van der Waals surface area contributed by atoms with Crippen molar-refractivity contribution in [2.75, 3.05) is 66.2 Å². The maximum Gasteiger partial charge on any atom is 0.0594 e. The van der Waals surface area contributed by atoms with Gasteiger partial charge >= 0.3 is 0 Å². The first-order chi connectivity index (χ1) is 11.3. The average Bonchev–Trinajstić information content (AvgIpc) is 2.57. The van der Waals surface area contributed by atoms with Gasteiger partial charge in [0.05, 0.1) is 19.8 Å². The number of hydrogen-bond donors (Lipinski definition) is 0. The summed E-state index contributed by atoms with van der Waals surface area (Å²) in [6.07, 6.45) is 9.85. The molecule has 3 rings (SSSR count). The molecule has 0 bridgehead atoms. The largest absolute Gasteiger partial charge is 0.384 e. The first-order valence-corrected chi connectivity index (χ1v) is 9.81. The van der Waals surface area contributed by atoms with Crippen LogP contribution in [0.15, 0.2) is 0 Å². The van der Waals surface area contributed by atoms with E-state index in [1.54, 1.807) is 0 Å². The Kier molecular flexibility index (Phi) is 6.75. The molecule has 0 aromatic carbocycles. The lowest BCUT2D eigenvalue weighted by atomic mass is 9.72. The van der Waals surface area contributed by atoms with Crippen LogP contribution in [-0.4, -0.2) is 76.0 Å². The number of likely N-dealkylation sites (tertiary alicyclic amines) is 1. The van der Waals surface area contributed by atoms with E-state index >= 15 is 0 Å². The summed E-state index contributed by atoms with van der Waals surface area (Å²) >= 11 is 0. The fraction of sp³-hybridized carbons (Fsp3) is 1.00. The lowest BCUT2D eigenvalue weighted by Crippen LogP contribution is -2.51. The normalized spacial score (nSPS) is 30.4. The second kappa shape index (κ2) is 8.80. The van der Waals surface area contributed by atoms with Crippen LogP contribution in [0.1, 0.15) is 44.9 Å². The van der Waals surface area contributed by atoms with Crippen LogP contribution < -0.4 is 0 Å². The fourth-order valence-electron chi connectivity index (χ4n) is 5.04. The van der Waals surface area contributed by atoms with Crippen molar-refractivity contribution >= 4 is 0 Å². The monoisotopic (exact) mass is 324 g/mol. The van der Waals surface area contributed by atoms with Crippen molar-refractivity contribution in [1.29, 1.82) is 0 Å². The third-order valence-electron chi connectivity index (χ3n) is 6.14. The molecule has 3 aliphatic rings. The van der Waals surface area contributed by atoms with Gasteiger partial charge in [0.25, 0.3) is 0 Å². The van der Waals surface area contributed by atoms with Crippen molar-refractivity contribution in [3.63, 3.8) is 0 Å². The molecule has 23 heavy (non-hydrogen) atoms. The molecule has 1 aliphatic carbocycles. The molecule has 0 aromatic heterocycles. The quantitative estimate of drug-likeness (QED) is 0.750. The number of piperidine rings is 1. The Morgan fingerprint density at radius 3 is 2.43 bits per heavy atom. The Morgan fingerprint density at radius 1 is 0.957 bits per heavy atom. The zero-order valence-corrected chi connectivity index (χ0v) is 15.1. The van der Waals surface area contributed by atoms with Gasteiger partial charge in [-0.15, -0.1) is 0 Å². The SMILES string of the molecule is COCC1CCCN(CC2(CN3CCOCC3)CCCCC2)C1. The van der Waals surface area contributed by atoms with Crippen molar-refractivity contribution < 1.29 is 9.47 Å². The zero-order chi connectivity index (χ0) is 16.0. The van der Waals surface area contributed by atoms with Crippen molar-refractivity contribution in [2.45, 2.75) is 44.9 Å². The molecule has 2 saturated heterocycles. The Labute approximate surface area is 142 Å². The predicted octanol–water partition coefficient (Wildman–Crippen LogP) is 2.63. The minimum absolute atomic E-state index is 0.532. The Morgan fingerprint density at radius 2 is 1.70 bits per heavy atom. The number of nitrogens with zero attached hydrogens (tertiary/aromatic N) is 2. The number of ether oxygens (including phenoxy) is 2. The highest BCUT2D eigenvalue weighted by Gasteiger charge is 2.37. The maximum atomic E-state index is 5.55. The van der Waals surface area contributed by atoms with Crippen LogP contribution in [0.2, 0.25) is 0 Å². The summed E-state index contributed by atoms with van der Waals surface area (Å²) in [7, 11) is 1.85. The molecule has 0 N–H and O–H groups in total. The molecular weight excluding hydrogens is 288 g/mol. The van der Waals surface area contributed by atoms with Gasteiger partial charge < -0.3 is 14.4 Å². The Bertz CT molecular complexity index is 336. The van der Waals surface area contributed by atoms with Gasteiger partial charge in [-0.05, 0) is 43.6 Å². The molecule has 0 radical (unpaired) electrons. The molecule has 0 aromatic rings. The second-order valence-electron chi connectivity index (χ2n) is 8.15. The first kappa shape index (κ1) is 17.7. The zero-order valence-electron chi connectivity index (χ0n) is 15.1. The van der Waals surface area contributed by atoms with Gasteiger partial charge in [-0.2, -0.15) is 0 Å². The highest BCUT2D eigenvalue weighted by atomic mass is 16.5. The molecule has 2 heterocycles. The number of morpholine rings is 1. The topological polar surface area (TPSA) is 24.9 Å². The minimum atomic E-state index is 0.532. The van der Waals surface area contributed by atoms with Crippen LogP contribution in [0.4, 0.5) is 0 Å². The molecule has 2 aliphatic heterocycles. The maximum absolute atomic E-state index is 5.55. The van der Waals surface area contributed by atoms with Crippen LogP contribution in [0, 0.1) is 11.3 Å². The van der Waals surface area contributed by atoms with E-state index in [4.69, 9.17) is 9.47 Å². The van der Waals surface area contributed by atoms with E-state index < -0.39 is 0 Å². The van der Waals surface area contributed by atoms with E-state index in [1.807, 2.05) is 7.11 Å². The molecule has 4 heteroatoms. The van der Waals surface area contributed by atoms with E-state index in [1.165, 1.54) is 71.1 Å². The smallest absolute Gasteiger partial charge is 0.0594 e. The van der Waals surface area contributed by atoms with E-state index in [2.05, 4.69) is 9.80 Å². The fourth-order valence-corrected chi connectivity index (χ4v) is 5.04. The molecule has 1 saturated carbocycles. The van der Waals surface area contributed by atoms with E-state index in [0.29, 0.717) is 5.41 Å². The van der Waals surface area contributed by atoms with Gasteiger partial charge in [-0.1, -0.05) is 19.3 Å². The summed E-state index contributed by atoms with van der Waals surface area (Å²) in [5.74, 6) is 0.748. The molecule has 3 fully saturated rings. The number of rotatable bonds is 6. The molecular formula is C19H36N2O2. The first-order valence-electron chi connectivity index (χ1n) is 9.81. The third-order valence-corrected chi connectivity index (χ3v) is 6.14. The van der Waals surface area contributed by atoms with Crippen molar-refractivity contribution in [3.8, 4) is 0 Å². The summed E-state index contributed by atoms with van der Waals surface area (Å²) in [6.45, 7) is 10.2. The summed E-state index contributed by atoms with van der Waals surface area (Å²) in [5, 5.41) is 0. The summed E-state index contributed by atoms with van der Waals surface area (Å²) in [4.78, 5) is 5.43. The summed E-state index contributed by atoms with van der Waals surface area (Å²) < 4.78 is 11.0.